The van der Waals surface area contributed by atoms with Crippen molar-refractivity contribution >= 4 is 45.7 Å². The number of likely N-dealkylation sites (N-methyl/N-ethyl adjacent to an activating group) is 1. The van der Waals surface area contributed by atoms with E-state index < -0.39 is 5.97 Å². The van der Waals surface area contributed by atoms with Gasteiger partial charge in [0, 0.05) is 16.8 Å². The van der Waals surface area contributed by atoms with Crippen molar-refractivity contribution in [3.8, 4) is 0 Å². The van der Waals surface area contributed by atoms with E-state index in [-0.39, 0.29) is 12.5 Å². The second-order valence-electron chi connectivity index (χ2n) is 6.40. The Labute approximate surface area is 172 Å². The monoisotopic (exact) mass is 416 g/mol. The van der Waals surface area contributed by atoms with Crippen molar-refractivity contribution in [2.24, 2.45) is 0 Å². The van der Waals surface area contributed by atoms with Gasteiger partial charge in [-0.1, -0.05) is 29.8 Å². The molecule has 0 aliphatic heterocycles. The molecule has 0 atom stereocenters. The summed E-state index contributed by atoms with van der Waals surface area (Å²) >= 11 is 7.38. The molecule has 0 N–H and O–H groups in total. The van der Waals surface area contributed by atoms with Crippen LogP contribution >= 0.6 is 22.9 Å². The van der Waals surface area contributed by atoms with Gasteiger partial charge in [0.15, 0.2) is 6.61 Å². The van der Waals surface area contributed by atoms with Crippen LogP contribution in [0.25, 0.3) is 10.9 Å². The Hall–Kier alpha value is -2.44. The van der Waals surface area contributed by atoms with E-state index >= 15 is 0 Å². The first-order chi connectivity index (χ1) is 13.4. The number of amides is 1. The molecule has 1 aromatic carbocycles. The van der Waals surface area contributed by atoms with E-state index in [0.717, 1.165) is 21.3 Å². The molecule has 0 saturated heterocycles. The third-order valence-corrected chi connectivity index (χ3v) is 5.79. The molecule has 0 aliphatic carbocycles. The zero-order chi connectivity index (χ0) is 20.3. The summed E-state index contributed by atoms with van der Waals surface area (Å²) in [6, 6.07) is 11.3. The minimum Gasteiger partial charge on any atom is -0.452 e. The number of aromatic nitrogens is 1. The van der Waals surface area contributed by atoms with Crippen molar-refractivity contribution < 1.29 is 14.3 Å². The number of hydrogen-bond acceptors (Lipinski definition) is 5. The normalized spacial score (nSPS) is 10.9. The molecule has 5 nitrogen and oxygen atoms in total. The number of halogens is 1. The van der Waals surface area contributed by atoms with Gasteiger partial charge in [0.25, 0.3) is 5.91 Å². The number of carbonyl (C=O) groups excluding carboxylic acids is 2. The Morgan fingerprint density at radius 3 is 2.61 bits per heavy atom. The number of fused-ring (bicyclic) bond motifs is 1. The molecule has 0 bridgehead atoms. The highest BCUT2D eigenvalue weighted by atomic mass is 35.5. The summed E-state index contributed by atoms with van der Waals surface area (Å²) in [5.74, 6) is -0.777. The van der Waals surface area contributed by atoms with Crippen LogP contribution in [0.3, 0.4) is 0 Å². The molecule has 3 rings (SSSR count). The highest BCUT2D eigenvalue weighted by Crippen LogP contribution is 2.24. The third kappa shape index (κ3) is 4.34. The molecule has 28 heavy (non-hydrogen) atoms. The third-order valence-electron chi connectivity index (χ3n) is 4.57. The summed E-state index contributed by atoms with van der Waals surface area (Å²) in [5, 5.41) is 0.899. The maximum atomic E-state index is 12.7. The number of carbonyl (C=O) groups is 2. The van der Waals surface area contributed by atoms with Crippen LogP contribution in [0.4, 0.5) is 0 Å². The molecule has 1 amide bonds. The lowest BCUT2D eigenvalue weighted by atomic mass is 10.0. The van der Waals surface area contributed by atoms with Crippen LogP contribution in [-0.2, 0) is 16.1 Å². The van der Waals surface area contributed by atoms with Gasteiger partial charge in [-0.25, -0.2) is 4.79 Å². The van der Waals surface area contributed by atoms with Crippen LogP contribution in [0.1, 0.15) is 33.4 Å². The zero-order valence-corrected chi connectivity index (χ0v) is 17.6. The Balaban J connectivity index is 1.71. The number of nitrogens with zero attached hydrogens (tertiary/aromatic N) is 2. The Morgan fingerprint density at radius 1 is 1.18 bits per heavy atom. The molecule has 2 aromatic heterocycles. The van der Waals surface area contributed by atoms with Gasteiger partial charge >= 0.3 is 5.97 Å². The van der Waals surface area contributed by atoms with Crippen LogP contribution in [0.15, 0.2) is 36.4 Å². The Kier molecular flexibility index (Phi) is 6.31. The number of hydrogen-bond donors (Lipinski definition) is 0. The maximum absolute atomic E-state index is 12.7. The fourth-order valence-electron chi connectivity index (χ4n) is 3.12. The molecule has 0 aliphatic rings. The van der Waals surface area contributed by atoms with Crippen molar-refractivity contribution in [2.75, 3.05) is 13.2 Å². The minimum atomic E-state index is -0.531. The first-order valence-corrected chi connectivity index (χ1v) is 10.1. The lowest BCUT2D eigenvalue weighted by Crippen LogP contribution is -2.34. The summed E-state index contributed by atoms with van der Waals surface area (Å²) in [6.45, 7) is 6.18. The van der Waals surface area contributed by atoms with E-state index in [1.807, 2.05) is 44.2 Å². The first kappa shape index (κ1) is 20.3. The van der Waals surface area contributed by atoms with E-state index in [1.165, 1.54) is 11.3 Å². The SMILES string of the molecule is CCN(Cc1ccc(Cl)s1)C(=O)COC(=O)c1c(C)nc2ccccc2c1C. The molecule has 2 heterocycles. The highest BCUT2D eigenvalue weighted by molar-refractivity contribution is 7.16. The molecule has 0 radical (unpaired) electrons. The average molecular weight is 417 g/mol. The molecule has 0 spiro atoms. The summed E-state index contributed by atoms with van der Waals surface area (Å²) in [5.41, 5.74) is 2.65. The molecular formula is C21H21ClN2O3S. The van der Waals surface area contributed by atoms with Gasteiger partial charge in [0.2, 0.25) is 0 Å². The van der Waals surface area contributed by atoms with Gasteiger partial charge in [0.05, 0.1) is 27.7 Å². The van der Waals surface area contributed by atoms with Crippen LogP contribution in [0, 0.1) is 13.8 Å². The summed E-state index contributed by atoms with van der Waals surface area (Å²) in [7, 11) is 0. The maximum Gasteiger partial charge on any atom is 0.340 e. The van der Waals surface area contributed by atoms with Gasteiger partial charge in [-0.2, -0.15) is 0 Å². The lowest BCUT2D eigenvalue weighted by Gasteiger charge is -2.20. The van der Waals surface area contributed by atoms with Crippen LogP contribution in [-0.4, -0.2) is 34.9 Å². The van der Waals surface area contributed by atoms with E-state index in [9.17, 15) is 9.59 Å². The van der Waals surface area contributed by atoms with E-state index in [0.29, 0.717) is 28.7 Å². The Bertz CT molecular complexity index is 1030. The number of pyridine rings is 1. The molecule has 7 heteroatoms. The number of benzene rings is 1. The highest BCUT2D eigenvalue weighted by Gasteiger charge is 2.20. The average Bonchev–Trinajstić information content (AvgIpc) is 3.09. The van der Waals surface area contributed by atoms with Crippen molar-refractivity contribution in [2.45, 2.75) is 27.3 Å². The number of aryl methyl sites for hydroxylation is 2. The van der Waals surface area contributed by atoms with Crippen LogP contribution < -0.4 is 0 Å². The summed E-state index contributed by atoms with van der Waals surface area (Å²) in [4.78, 5) is 32.3. The Morgan fingerprint density at radius 2 is 1.93 bits per heavy atom. The van der Waals surface area contributed by atoms with Gasteiger partial charge in [-0.15, -0.1) is 11.3 Å². The van der Waals surface area contributed by atoms with E-state index in [2.05, 4.69) is 4.98 Å². The van der Waals surface area contributed by atoms with E-state index in [1.54, 1.807) is 17.9 Å². The standard InChI is InChI=1S/C21H21ClN2O3S/c1-4-24(11-15-9-10-18(22)28-15)19(25)12-27-21(26)20-13(2)16-7-5-6-8-17(16)23-14(20)3/h5-10H,4,11-12H2,1-3H3. The molecule has 146 valence electrons. The van der Waals surface area contributed by atoms with E-state index in [4.69, 9.17) is 16.3 Å². The van der Waals surface area contributed by atoms with Crippen molar-refractivity contribution in [3.63, 3.8) is 0 Å². The van der Waals surface area contributed by atoms with Gasteiger partial charge in [-0.05, 0) is 44.5 Å². The fraction of sp³-hybridized carbons (Fsp3) is 0.286. The fourth-order valence-corrected chi connectivity index (χ4v) is 4.23. The number of esters is 1. The van der Waals surface area contributed by atoms with Crippen LogP contribution in [0.2, 0.25) is 4.34 Å². The molecule has 3 aromatic rings. The summed E-state index contributed by atoms with van der Waals surface area (Å²) in [6.07, 6.45) is 0. The minimum absolute atomic E-state index is 0.246. The van der Waals surface area contributed by atoms with Gasteiger partial charge < -0.3 is 9.64 Å². The van der Waals surface area contributed by atoms with Crippen molar-refractivity contribution in [1.29, 1.82) is 0 Å². The van der Waals surface area contributed by atoms with Crippen LogP contribution in [0.5, 0.6) is 0 Å². The predicted octanol–water partition coefficient (Wildman–Crippen LogP) is 4.77. The second-order valence-corrected chi connectivity index (χ2v) is 8.20. The lowest BCUT2D eigenvalue weighted by molar-refractivity contribution is -0.134. The largest absolute Gasteiger partial charge is 0.452 e. The smallest absolute Gasteiger partial charge is 0.340 e. The van der Waals surface area contributed by atoms with Crippen molar-refractivity contribution in [1.82, 2.24) is 9.88 Å². The molecule has 0 saturated carbocycles. The number of ether oxygens (including phenoxy) is 1. The topological polar surface area (TPSA) is 59.5 Å². The predicted molar refractivity (Wildman–Crippen MR) is 112 cm³/mol. The molecule has 0 fully saturated rings. The number of rotatable bonds is 6. The summed E-state index contributed by atoms with van der Waals surface area (Å²) < 4.78 is 6.01. The van der Waals surface area contributed by atoms with Gasteiger partial charge in [-0.3, -0.25) is 9.78 Å². The molecular weight excluding hydrogens is 396 g/mol. The van der Waals surface area contributed by atoms with Gasteiger partial charge in [0.1, 0.15) is 0 Å². The second kappa shape index (κ2) is 8.71. The van der Waals surface area contributed by atoms with Crippen molar-refractivity contribution in [3.05, 3.63) is 62.4 Å². The number of thiophene rings is 1. The quantitative estimate of drug-likeness (QED) is 0.543. The molecule has 0 unspecified atom stereocenters. The zero-order valence-electron chi connectivity index (χ0n) is 16.0. The first-order valence-electron chi connectivity index (χ1n) is 8.95. The number of para-hydroxylation sites is 1.